The molecule has 2 bridgehead atoms. The Hall–Kier alpha value is -2.39. The smallest absolute Gasteiger partial charge is 0.268 e. The number of methoxy groups -OCH3 is 1. The molecule has 0 amide bonds. The lowest BCUT2D eigenvalue weighted by Gasteiger charge is -2.56. The molecule has 2 aromatic carbocycles. The topological polar surface area (TPSA) is 101 Å². The number of nitrogens with one attached hydrogen (secondary N) is 1. The number of hydrogen-bond acceptors (Lipinski definition) is 6. The van der Waals surface area contributed by atoms with E-state index >= 15 is 0 Å². The van der Waals surface area contributed by atoms with Crippen molar-refractivity contribution in [1.29, 1.82) is 0 Å². The molecule has 7 nitrogen and oxygen atoms in total. The first-order chi connectivity index (χ1) is 16.6. The predicted molar refractivity (Wildman–Crippen MR) is 135 cm³/mol. The van der Waals surface area contributed by atoms with Gasteiger partial charge in [-0.1, -0.05) is 18.2 Å². The molecule has 8 heteroatoms. The van der Waals surface area contributed by atoms with E-state index < -0.39 is 15.6 Å². The highest BCUT2D eigenvalue weighted by atomic mass is 32.2. The van der Waals surface area contributed by atoms with Gasteiger partial charge in [0.05, 0.1) is 29.7 Å². The van der Waals surface area contributed by atoms with Crippen LogP contribution in [-0.4, -0.2) is 53.5 Å². The van der Waals surface area contributed by atoms with Crippen LogP contribution < -0.4 is 10.1 Å². The maximum absolute atomic E-state index is 13.6. The van der Waals surface area contributed by atoms with Gasteiger partial charge in [-0.15, -0.1) is 0 Å². The summed E-state index contributed by atoms with van der Waals surface area (Å²) < 4.78 is 33.8. The minimum Gasteiger partial charge on any atom is -0.497 e. The normalized spacial score (nSPS) is 28.2. The average molecular weight is 499 g/mol. The molecule has 0 unspecified atom stereocenters. The quantitative estimate of drug-likeness (QED) is 0.482. The summed E-state index contributed by atoms with van der Waals surface area (Å²) in [4.78, 5) is 0.187. The lowest BCUT2D eigenvalue weighted by Crippen LogP contribution is -2.67. The van der Waals surface area contributed by atoms with Crippen molar-refractivity contribution in [2.45, 2.75) is 61.6 Å². The fraction of sp³-hybridized carbons (Fsp3) is 0.481. The number of ether oxygens (including phenoxy) is 1. The van der Waals surface area contributed by atoms with Crippen molar-refractivity contribution >= 4 is 20.9 Å². The summed E-state index contributed by atoms with van der Waals surface area (Å²) >= 11 is 0. The largest absolute Gasteiger partial charge is 0.497 e. The Labute approximate surface area is 206 Å². The van der Waals surface area contributed by atoms with Crippen LogP contribution in [0.25, 0.3) is 10.9 Å². The van der Waals surface area contributed by atoms with E-state index in [1.54, 1.807) is 37.6 Å². The van der Waals surface area contributed by atoms with Crippen LogP contribution in [0.3, 0.4) is 0 Å². The van der Waals surface area contributed by atoms with Gasteiger partial charge in [-0.05, 0) is 81.3 Å². The molecular formula is C27H34N2O5S. The summed E-state index contributed by atoms with van der Waals surface area (Å²) in [6.45, 7) is 4.12. The molecule has 1 saturated heterocycles. The van der Waals surface area contributed by atoms with Crippen molar-refractivity contribution in [2.24, 2.45) is 11.8 Å². The molecule has 1 saturated carbocycles. The number of aliphatic hydroxyl groups excluding tert-OH is 1. The van der Waals surface area contributed by atoms with Crippen LogP contribution in [0, 0.1) is 11.8 Å². The van der Waals surface area contributed by atoms with E-state index in [-0.39, 0.29) is 29.0 Å². The van der Waals surface area contributed by atoms with Crippen molar-refractivity contribution in [3.63, 3.8) is 0 Å². The molecule has 1 aromatic heterocycles. The van der Waals surface area contributed by atoms with Crippen molar-refractivity contribution in [1.82, 2.24) is 9.29 Å². The Morgan fingerprint density at radius 3 is 2.54 bits per heavy atom. The predicted octanol–water partition coefficient (Wildman–Crippen LogP) is 3.32. The van der Waals surface area contributed by atoms with Crippen molar-refractivity contribution in [2.75, 3.05) is 13.7 Å². The molecule has 1 aliphatic carbocycles. The van der Waals surface area contributed by atoms with Gasteiger partial charge in [-0.3, -0.25) is 0 Å². The third kappa shape index (κ3) is 4.06. The summed E-state index contributed by atoms with van der Waals surface area (Å²) in [5.74, 6) is 0.905. The first-order valence-corrected chi connectivity index (χ1v) is 13.6. The summed E-state index contributed by atoms with van der Waals surface area (Å²) in [5.41, 5.74) is 0.284. The third-order valence-corrected chi connectivity index (χ3v) is 10.00. The van der Waals surface area contributed by atoms with E-state index in [9.17, 15) is 18.6 Å². The Bertz CT molecular complexity index is 1330. The highest BCUT2D eigenvalue weighted by molar-refractivity contribution is 7.90. The van der Waals surface area contributed by atoms with Gasteiger partial charge in [0.1, 0.15) is 5.75 Å². The molecule has 3 aromatic rings. The lowest BCUT2D eigenvalue weighted by atomic mass is 9.59. The van der Waals surface area contributed by atoms with E-state index in [1.807, 2.05) is 24.3 Å². The number of nitrogens with zero attached hydrogens (tertiary/aromatic N) is 1. The maximum atomic E-state index is 13.6. The Balaban J connectivity index is 1.55. The second-order valence-corrected chi connectivity index (χ2v) is 12.5. The minimum atomic E-state index is -3.83. The zero-order valence-corrected chi connectivity index (χ0v) is 21.3. The number of hydrogen-bond donors (Lipinski definition) is 3. The highest BCUT2D eigenvalue weighted by Crippen LogP contribution is 2.47. The number of piperidine rings is 1. The lowest BCUT2D eigenvalue weighted by molar-refractivity contribution is -0.135. The number of para-hydroxylation sites is 1. The second-order valence-electron chi connectivity index (χ2n) is 10.7. The van der Waals surface area contributed by atoms with Gasteiger partial charge in [0.2, 0.25) is 0 Å². The van der Waals surface area contributed by atoms with Gasteiger partial charge in [-0.25, -0.2) is 12.4 Å². The monoisotopic (exact) mass is 498 g/mol. The zero-order chi connectivity index (χ0) is 25.0. The number of aliphatic hydroxyl groups is 2. The minimum absolute atomic E-state index is 0.0957. The molecule has 5 rings (SSSR count). The maximum Gasteiger partial charge on any atom is 0.268 e. The summed E-state index contributed by atoms with van der Waals surface area (Å²) in [6.07, 6.45) is 4.55. The summed E-state index contributed by atoms with van der Waals surface area (Å²) in [5, 5.41) is 25.9. The molecule has 2 heterocycles. The first kappa shape index (κ1) is 24.3. The fourth-order valence-corrected chi connectivity index (χ4v) is 7.60. The van der Waals surface area contributed by atoms with Gasteiger partial charge in [0.15, 0.2) is 0 Å². The summed E-state index contributed by atoms with van der Waals surface area (Å²) in [6, 6.07) is 13.8. The number of fused-ring (bicyclic) bond motifs is 3. The van der Waals surface area contributed by atoms with Crippen LogP contribution in [0.4, 0.5) is 0 Å². The van der Waals surface area contributed by atoms with Crippen molar-refractivity contribution in [3.05, 3.63) is 60.3 Å². The Kier molecular flexibility index (Phi) is 5.99. The molecule has 1 aliphatic heterocycles. The molecule has 4 atom stereocenters. The van der Waals surface area contributed by atoms with E-state index in [4.69, 9.17) is 4.74 Å². The fourth-order valence-electron chi connectivity index (χ4n) is 6.21. The third-order valence-electron chi connectivity index (χ3n) is 8.31. The number of benzene rings is 2. The van der Waals surface area contributed by atoms with Crippen molar-refractivity contribution < 1.29 is 23.4 Å². The zero-order valence-electron chi connectivity index (χ0n) is 20.4. The molecule has 0 radical (unpaired) electrons. The van der Waals surface area contributed by atoms with Crippen LogP contribution >= 0.6 is 0 Å². The van der Waals surface area contributed by atoms with Crippen LogP contribution in [0.2, 0.25) is 0 Å². The molecule has 188 valence electrons. The molecule has 0 spiro atoms. The number of aromatic nitrogens is 1. The molecule has 2 aliphatic rings. The summed E-state index contributed by atoms with van der Waals surface area (Å²) in [7, 11) is -2.28. The molecular weight excluding hydrogens is 464 g/mol. The van der Waals surface area contributed by atoms with E-state index in [0.29, 0.717) is 30.0 Å². The van der Waals surface area contributed by atoms with Crippen LogP contribution in [0.5, 0.6) is 5.75 Å². The van der Waals surface area contributed by atoms with E-state index in [0.717, 1.165) is 23.8 Å². The average Bonchev–Trinajstić information content (AvgIpc) is 3.22. The van der Waals surface area contributed by atoms with Gasteiger partial charge in [0.25, 0.3) is 10.0 Å². The van der Waals surface area contributed by atoms with E-state index in [1.165, 1.54) is 3.97 Å². The highest BCUT2D eigenvalue weighted by Gasteiger charge is 2.53. The van der Waals surface area contributed by atoms with Crippen LogP contribution in [-0.2, 0) is 16.4 Å². The van der Waals surface area contributed by atoms with Gasteiger partial charge in [0, 0.05) is 29.1 Å². The molecule has 2 fully saturated rings. The van der Waals surface area contributed by atoms with Crippen molar-refractivity contribution in [3.8, 4) is 5.75 Å². The van der Waals surface area contributed by atoms with Gasteiger partial charge < -0.3 is 20.3 Å². The number of rotatable bonds is 6. The SMILES string of the molecule is COc1ccc(S(=O)(=O)n2cc(C[C@H]3NC(C)(C)[C@H]4CC[C@@](O)(CO)[C@@H]3C4)c3ccccc32)cc1. The van der Waals surface area contributed by atoms with E-state index in [2.05, 4.69) is 19.2 Å². The van der Waals surface area contributed by atoms with Crippen LogP contribution in [0.15, 0.2) is 59.6 Å². The Morgan fingerprint density at radius 2 is 1.86 bits per heavy atom. The van der Waals surface area contributed by atoms with Crippen LogP contribution in [0.1, 0.15) is 38.7 Å². The molecule has 3 N–H and O–H groups in total. The molecule has 35 heavy (non-hydrogen) atoms. The van der Waals surface area contributed by atoms with Gasteiger partial charge >= 0.3 is 0 Å². The second kappa shape index (κ2) is 8.62. The first-order valence-electron chi connectivity index (χ1n) is 12.2. The van der Waals surface area contributed by atoms with Gasteiger partial charge in [-0.2, -0.15) is 0 Å². The Morgan fingerprint density at radius 1 is 1.14 bits per heavy atom. The standard InChI is InChI=1S/C27H34N2O5S/c1-26(2)19-12-13-27(31,17-30)23(15-19)24(28-26)14-18-16-29(25-7-5-4-6-22(18)25)35(32,33)21-10-8-20(34-3)9-11-21/h4-11,16,19,23-24,28,30-31H,12-15,17H2,1-3H3/t19-,23+,24+,27+/m0/s1.